The highest BCUT2D eigenvalue weighted by Gasteiger charge is 2.28. The van der Waals surface area contributed by atoms with Gasteiger partial charge in [0.2, 0.25) is 0 Å². The Labute approximate surface area is 171 Å². The van der Waals surface area contributed by atoms with Crippen LogP contribution in [0, 0.1) is 11.7 Å². The predicted molar refractivity (Wildman–Crippen MR) is 110 cm³/mol. The van der Waals surface area contributed by atoms with Gasteiger partial charge in [-0.05, 0) is 43.4 Å². The zero-order chi connectivity index (χ0) is 20.8. The van der Waals surface area contributed by atoms with Crippen LogP contribution in [0.1, 0.15) is 41.6 Å². The largest absolute Gasteiger partial charge is 0.490 e. The second-order valence-corrected chi connectivity index (χ2v) is 7.67. The molecule has 0 bridgehead atoms. The Balaban J connectivity index is 1.64. The van der Waals surface area contributed by atoms with Gasteiger partial charge in [-0.25, -0.2) is 9.18 Å². The minimum absolute atomic E-state index is 0.0650. The molecule has 0 spiro atoms. The van der Waals surface area contributed by atoms with E-state index in [0.717, 1.165) is 5.56 Å². The Bertz CT molecular complexity index is 863. The molecule has 0 N–H and O–H groups in total. The van der Waals surface area contributed by atoms with E-state index >= 15 is 0 Å². The fraction of sp³-hybridized carbons (Fsp3) is 0.364. The van der Waals surface area contributed by atoms with Gasteiger partial charge >= 0.3 is 11.9 Å². The maximum atomic E-state index is 14.3. The highest BCUT2D eigenvalue weighted by atomic mass is 31.0. The third-order valence-corrected chi connectivity index (χ3v) is 5.49. The summed E-state index contributed by atoms with van der Waals surface area (Å²) in [5, 5.41) is 0.525. The third kappa shape index (κ3) is 5.54. The summed E-state index contributed by atoms with van der Waals surface area (Å²) in [6, 6.07) is 11.8. The highest BCUT2D eigenvalue weighted by Crippen LogP contribution is 2.29. The Kier molecular flexibility index (Phi) is 7.21. The molecule has 1 atom stereocenters. The van der Waals surface area contributed by atoms with Crippen molar-refractivity contribution >= 4 is 26.5 Å². The van der Waals surface area contributed by atoms with Crippen LogP contribution in [0.4, 0.5) is 4.39 Å². The van der Waals surface area contributed by atoms with E-state index in [1.165, 1.54) is 19.2 Å². The van der Waals surface area contributed by atoms with Crippen molar-refractivity contribution in [1.82, 2.24) is 0 Å². The number of rotatable bonds is 6. The lowest BCUT2D eigenvalue weighted by Crippen LogP contribution is -2.29. The molecule has 0 aliphatic heterocycles. The second-order valence-electron chi connectivity index (χ2n) is 7.05. The Morgan fingerprint density at radius 2 is 1.79 bits per heavy atom. The number of carbonyl (C=O) groups is 2. The minimum atomic E-state index is -0.740. The molecule has 2 aromatic rings. The van der Waals surface area contributed by atoms with Gasteiger partial charge in [0.05, 0.1) is 24.7 Å². The van der Waals surface area contributed by atoms with Crippen molar-refractivity contribution in [1.29, 1.82) is 0 Å². The van der Waals surface area contributed by atoms with E-state index in [9.17, 15) is 14.0 Å². The average molecular weight is 418 g/mol. The normalized spacial score (nSPS) is 18.7. The maximum Gasteiger partial charge on any atom is 0.341 e. The Morgan fingerprint density at radius 1 is 1.10 bits per heavy atom. The molecule has 5 nitrogen and oxygen atoms in total. The SMILES string of the molecule is COC(=O)C1CCC(Oc2cc(C(=O)OCc3ccccc3)c(F)cc2P)CC1. The van der Waals surface area contributed by atoms with Crippen molar-refractivity contribution in [3.05, 3.63) is 59.4 Å². The summed E-state index contributed by atoms with van der Waals surface area (Å²) in [6.07, 6.45) is 2.63. The Hall–Kier alpha value is -2.46. The third-order valence-electron chi connectivity index (χ3n) is 5.03. The van der Waals surface area contributed by atoms with E-state index in [4.69, 9.17) is 14.2 Å². The lowest BCUT2D eigenvalue weighted by molar-refractivity contribution is -0.147. The summed E-state index contributed by atoms with van der Waals surface area (Å²) < 4.78 is 30.4. The average Bonchev–Trinajstić information content (AvgIpc) is 2.74. The standard InChI is InChI=1S/C22H24FO5P/c1-26-21(24)15-7-9-16(10-8-15)28-19-11-17(18(23)12-20(19)29)22(25)27-13-14-5-3-2-4-6-14/h2-6,11-12,15-16H,7-10,13,29H2,1H3. The molecule has 154 valence electrons. The van der Waals surface area contributed by atoms with Crippen LogP contribution in [0.15, 0.2) is 42.5 Å². The summed E-state index contributed by atoms with van der Waals surface area (Å²) in [5.74, 6) is -1.28. The van der Waals surface area contributed by atoms with Crippen LogP contribution in [0.25, 0.3) is 0 Å². The van der Waals surface area contributed by atoms with E-state index in [-0.39, 0.29) is 30.2 Å². The monoisotopic (exact) mass is 418 g/mol. The van der Waals surface area contributed by atoms with Crippen LogP contribution in [0.3, 0.4) is 0 Å². The molecule has 1 fully saturated rings. The molecule has 29 heavy (non-hydrogen) atoms. The number of carbonyl (C=O) groups excluding carboxylic acids is 2. The summed E-state index contributed by atoms with van der Waals surface area (Å²) in [4.78, 5) is 24.0. The lowest BCUT2D eigenvalue weighted by atomic mass is 9.87. The van der Waals surface area contributed by atoms with E-state index in [0.29, 0.717) is 36.7 Å². The number of halogens is 1. The first kappa shape index (κ1) is 21.3. The number of ether oxygens (including phenoxy) is 3. The van der Waals surface area contributed by atoms with Crippen molar-refractivity contribution in [2.75, 3.05) is 7.11 Å². The van der Waals surface area contributed by atoms with Crippen LogP contribution >= 0.6 is 9.24 Å². The molecule has 0 saturated heterocycles. The second kappa shape index (κ2) is 9.84. The summed E-state index contributed by atoms with van der Waals surface area (Å²) >= 11 is 0. The van der Waals surface area contributed by atoms with Crippen molar-refractivity contribution in [2.45, 2.75) is 38.4 Å². The number of hydrogen-bond donors (Lipinski definition) is 0. The first-order valence-electron chi connectivity index (χ1n) is 9.52. The van der Waals surface area contributed by atoms with Gasteiger partial charge in [-0.15, -0.1) is 9.24 Å². The van der Waals surface area contributed by atoms with Crippen LogP contribution in [0.5, 0.6) is 5.75 Å². The molecule has 0 radical (unpaired) electrons. The van der Waals surface area contributed by atoms with Gasteiger partial charge < -0.3 is 14.2 Å². The van der Waals surface area contributed by atoms with Crippen molar-refractivity contribution in [3.63, 3.8) is 0 Å². The number of hydrogen-bond acceptors (Lipinski definition) is 5. The van der Waals surface area contributed by atoms with Gasteiger partial charge in [-0.3, -0.25) is 4.79 Å². The summed E-state index contributed by atoms with van der Waals surface area (Å²) in [6.45, 7) is 0.0650. The van der Waals surface area contributed by atoms with Crippen LogP contribution in [-0.2, 0) is 20.9 Å². The molecule has 1 aliphatic rings. The topological polar surface area (TPSA) is 61.8 Å². The summed E-state index contributed by atoms with van der Waals surface area (Å²) in [7, 11) is 3.82. The molecule has 0 heterocycles. The highest BCUT2D eigenvalue weighted by molar-refractivity contribution is 7.27. The first-order valence-corrected chi connectivity index (χ1v) is 10.1. The molecule has 7 heteroatoms. The maximum absolute atomic E-state index is 14.3. The molecule has 1 saturated carbocycles. The minimum Gasteiger partial charge on any atom is -0.490 e. The van der Waals surface area contributed by atoms with Gasteiger partial charge in [0.25, 0.3) is 0 Å². The molecule has 2 aromatic carbocycles. The van der Waals surface area contributed by atoms with E-state index in [1.54, 1.807) is 0 Å². The molecule has 3 rings (SSSR count). The smallest absolute Gasteiger partial charge is 0.341 e. The molecular weight excluding hydrogens is 394 g/mol. The molecule has 1 unspecified atom stereocenters. The van der Waals surface area contributed by atoms with Crippen LogP contribution in [-0.4, -0.2) is 25.2 Å². The van der Waals surface area contributed by atoms with Crippen molar-refractivity contribution in [2.24, 2.45) is 5.92 Å². The molecule has 0 aromatic heterocycles. The van der Waals surface area contributed by atoms with E-state index in [2.05, 4.69) is 9.24 Å². The lowest BCUT2D eigenvalue weighted by Gasteiger charge is -2.28. The Morgan fingerprint density at radius 3 is 2.45 bits per heavy atom. The van der Waals surface area contributed by atoms with Crippen molar-refractivity contribution < 1.29 is 28.2 Å². The molecule has 1 aliphatic carbocycles. The number of methoxy groups -OCH3 is 1. The predicted octanol–water partition coefficient (Wildman–Crippen LogP) is 3.79. The molecule has 0 amide bonds. The fourth-order valence-electron chi connectivity index (χ4n) is 3.39. The first-order chi connectivity index (χ1) is 14.0. The van der Waals surface area contributed by atoms with Crippen LogP contribution < -0.4 is 10.0 Å². The fourth-order valence-corrected chi connectivity index (χ4v) is 3.69. The summed E-state index contributed by atoms with van der Waals surface area (Å²) in [5.41, 5.74) is 0.660. The van der Waals surface area contributed by atoms with Gasteiger partial charge in [0.15, 0.2) is 0 Å². The van der Waals surface area contributed by atoms with Crippen molar-refractivity contribution in [3.8, 4) is 5.75 Å². The number of benzene rings is 2. The number of esters is 2. The van der Waals surface area contributed by atoms with Gasteiger partial charge in [-0.1, -0.05) is 30.3 Å². The van der Waals surface area contributed by atoms with E-state index < -0.39 is 11.8 Å². The zero-order valence-electron chi connectivity index (χ0n) is 16.2. The quantitative estimate of drug-likeness (QED) is 0.528. The van der Waals surface area contributed by atoms with Gasteiger partial charge in [0.1, 0.15) is 18.2 Å². The van der Waals surface area contributed by atoms with E-state index in [1.807, 2.05) is 30.3 Å². The van der Waals surface area contributed by atoms with Gasteiger partial charge in [-0.2, -0.15) is 0 Å². The zero-order valence-corrected chi connectivity index (χ0v) is 17.4. The van der Waals surface area contributed by atoms with Crippen LogP contribution in [0.2, 0.25) is 0 Å². The molecular formula is C22H24FO5P. The van der Waals surface area contributed by atoms with Gasteiger partial charge in [0, 0.05) is 5.30 Å².